The molecule has 0 spiro atoms. The molecule has 2 N–H and O–H groups in total. The SMILES string of the molecule is C#CCNc1ccc2c(c1)NC(=O)CO2. The fraction of sp³-hybridized carbons (Fsp3) is 0.182. The third-order valence-electron chi connectivity index (χ3n) is 2.01. The van der Waals surface area contributed by atoms with Crippen LogP contribution in [0.1, 0.15) is 0 Å². The van der Waals surface area contributed by atoms with Gasteiger partial charge in [-0.3, -0.25) is 4.79 Å². The summed E-state index contributed by atoms with van der Waals surface area (Å²) in [7, 11) is 0. The number of anilines is 2. The number of carbonyl (C=O) groups is 1. The zero-order chi connectivity index (χ0) is 10.7. The van der Waals surface area contributed by atoms with E-state index in [1.54, 1.807) is 12.1 Å². The van der Waals surface area contributed by atoms with Crippen LogP contribution in [-0.4, -0.2) is 19.1 Å². The summed E-state index contributed by atoms with van der Waals surface area (Å²) in [5.74, 6) is 3.01. The van der Waals surface area contributed by atoms with Gasteiger partial charge in [0.1, 0.15) is 5.75 Å². The predicted octanol–water partition coefficient (Wildman–Crippen LogP) is 1.06. The van der Waals surface area contributed by atoms with Crippen molar-refractivity contribution < 1.29 is 9.53 Å². The number of nitrogens with one attached hydrogen (secondary N) is 2. The van der Waals surface area contributed by atoms with E-state index < -0.39 is 0 Å². The number of ether oxygens (including phenoxy) is 1. The van der Waals surface area contributed by atoms with Crippen LogP contribution in [0.3, 0.4) is 0 Å². The molecule has 1 amide bonds. The first-order chi connectivity index (χ1) is 7.29. The number of rotatable bonds is 2. The summed E-state index contributed by atoms with van der Waals surface area (Å²) in [6, 6.07) is 5.45. The fourth-order valence-electron chi connectivity index (χ4n) is 1.35. The van der Waals surface area contributed by atoms with Gasteiger partial charge in [-0.25, -0.2) is 0 Å². The molecule has 4 nitrogen and oxygen atoms in total. The molecule has 0 aromatic heterocycles. The highest BCUT2D eigenvalue weighted by Crippen LogP contribution is 2.30. The Hall–Kier alpha value is -2.15. The minimum absolute atomic E-state index is 0.0735. The first-order valence-corrected chi connectivity index (χ1v) is 4.53. The molecule has 2 rings (SSSR count). The van der Waals surface area contributed by atoms with Gasteiger partial charge in [0, 0.05) is 5.69 Å². The molecule has 0 saturated heterocycles. The summed E-state index contributed by atoms with van der Waals surface area (Å²) < 4.78 is 5.22. The summed E-state index contributed by atoms with van der Waals surface area (Å²) in [4.78, 5) is 11.1. The Morgan fingerprint density at radius 2 is 2.47 bits per heavy atom. The second-order valence-corrected chi connectivity index (χ2v) is 3.11. The van der Waals surface area contributed by atoms with Crippen molar-refractivity contribution >= 4 is 17.3 Å². The van der Waals surface area contributed by atoms with E-state index in [9.17, 15) is 4.79 Å². The number of terminal acetylenes is 1. The van der Waals surface area contributed by atoms with Crippen molar-refractivity contribution in [1.29, 1.82) is 0 Å². The monoisotopic (exact) mass is 202 g/mol. The van der Waals surface area contributed by atoms with E-state index in [1.807, 2.05) is 6.07 Å². The van der Waals surface area contributed by atoms with Crippen LogP contribution in [-0.2, 0) is 4.79 Å². The zero-order valence-electron chi connectivity index (χ0n) is 8.04. The highest BCUT2D eigenvalue weighted by Gasteiger charge is 2.15. The van der Waals surface area contributed by atoms with Gasteiger partial charge in [-0.15, -0.1) is 6.42 Å². The number of carbonyl (C=O) groups excluding carboxylic acids is 1. The third-order valence-corrected chi connectivity index (χ3v) is 2.01. The van der Waals surface area contributed by atoms with E-state index in [0.717, 1.165) is 5.69 Å². The first kappa shape index (κ1) is 9.41. The first-order valence-electron chi connectivity index (χ1n) is 4.53. The van der Waals surface area contributed by atoms with Crippen LogP contribution in [0.15, 0.2) is 18.2 Å². The number of amides is 1. The molecule has 0 saturated carbocycles. The van der Waals surface area contributed by atoms with E-state index in [4.69, 9.17) is 11.2 Å². The summed E-state index contributed by atoms with van der Waals surface area (Å²) in [6.07, 6.45) is 5.13. The maximum atomic E-state index is 11.1. The molecule has 76 valence electrons. The van der Waals surface area contributed by atoms with Crippen LogP contribution in [0, 0.1) is 12.3 Å². The molecule has 0 aliphatic carbocycles. The lowest BCUT2D eigenvalue weighted by Gasteiger charge is -2.18. The molecule has 1 aromatic rings. The minimum Gasteiger partial charge on any atom is -0.482 e. The number of benzene rings is 1. The molecule has 1 aliphatic heterocycles. The van der Waals surface area contributed by atoms with Crippen molar-refractivity contribution in [3.63, 3.8) is 0 Å². The quantitative estimate of drug-likeness (QED) is 0.705. The number of hydrogen-bond acceptors (Lipinski definition) is 3. The lowest BCUT2D eigenvalue weighted by molar-refractivity contribution is -0.118. The van der Waals surface area contributed by atoms with Gasteiger partial charge in [0.05, 0.1) is 12.2 Å². The highest BCUT2D eigenvalue weighted by molar-refractivity contribution is 5.96. The predicted molar refractivity (Wildman–Crippen MR) is 57.9 cm³/mol. The molecule has 1 aromatic carbocycles. The molecule has 0 bridgehead atoms. The Kier molecular flexibility index (Phi) is 2.46. The van der Waals surface area contributed by atoms with E-state index in [1.165, 1.54) is 0 Å². The van der Waals surface area contributed by atoms with Gasteiger partial charge in [-0.2, -0.15) is 0 Å². The second-order valence-electron chi connectivity index (χ2n) is 3.11. The molecule has 0 atom stereocenters. The van der Waals surface area contributed by atoms with Crippen LogP contribution in [0.5, 0.6) is 5.75 Å². The lowest BCUT2D eigenvalue weighted by atomic mass is 10.2. The molecule has 0 radical (unpaired) electrons. The molecule has 15 heavy (non-hydrogen) atoms. The second kappa shape index (κ2) is 3.93. The van der Waals surface area contributed by atoms with Crippen molar-refractivity contribution in [3.8, 4) is 18.1 Å². The summed E-state index contributed by atoms with van der Waals surface area (Å²) >= 11 is 0. The third kappa shape index (κ3) is 2.02. The summed E-state index contributed by atoms with van der Waals surface area (Å²) in [5.41, 5.74) is 1.53. The lowest BCUT2D eigenvalue weighted by Crippen LogP contribution is -2.25. The highest BCUT2D eigenvalue weighted by atomic mass is 16.5. The maximum absolute atomic E-state index is 11.1. The van der Waals surface area contributed by atoms with Gasteiger partial charge in [-0.05, 0) is 18.2 Å². The molecule has 0 fully saturated rings. The maximum Gasteiger partial charge on any atom is 0.262 e. The van der Waals surface area contributed by atoms with Crippen molar-refractivity contribution in [1.82, 2.24) is 0 Å². The van der Waals surface area contributed by atoms with Gasteiger partial charge in [0.2, 0.25) is 0 Å². The Morgan fingerprint density at radius 3 is 3.27 bits per heavy atom. The average molecular weight is 202 g/mol. The van der Waals surface area contributed by atoms with Crippen molar-refractivity contribution in [2.24, 2.45) is 0 Å². The van der Waals surface area contributed by atoms with Crippen molar-refractivity contribution in [2.45, 2.75) is 0 Å². The van der Waals surface area contributed by atoms with Crippen LogP contribution in [0.4, 0.5) is 11.4 Å². The largest absolute Gasteiger partial charge is 0.482 e. The normalized spacial score (nSPS) is 13.1. The van der Waals surface area contributed by atoms with Crippen molar-refractivity contribution in [3.05, 3.63) is 18.2 Å². The number of fused-ring (bicyclic) bond motifs is 1. The Morgan fingerprint density at radius 1 is 1.60 bits per heavy atom. The smallest absolute Gasteiger partial charge is 0.262 e. The standard InChI is InChI=1S/C11H10N2O2/c1-2-5-12-8-3-4-10-9(6-8)13-11(14)7-15-10/h1,3-4,6,12H,5,7H2,(H,13,14). The topological polar surface area (TPSA) is 50.4 Å². The summed E-state index contributed by atoms with van der Waals surface area (Å²) in [5, 5.41) is 5.74. The van der Waals surface area contributed by atoms with Crippen LogP contribution < -0.4 is 15.4 Å². The van der Waals surface area contributed by atoms with Gasteiger partial charge in [0.15, 0.2) is 6.61 Å². The van der Waals surface area contributed by atoms with E-state index >= 15 is 0 Å². The van der Waals surface area contributed by atoms with E-state index in [0.29, 0.717) is 18.0 Å². The molecular formula is C11H10N2O2. The Labute approximate surface area is 87.6 Å². The van der Waals surface area contributed by atoms with Gasteiger partial charge < -0.3 is 15.4 Å². The molecule has 0 unspecified atom stereocenters. The Bertz CT molecular complexity index is 435. The molecule has 1 heterocycles. The van der Waals surface area contributed by atoms with Crippen LogP contribution in [0.2, 0.25) is 0 Å². The average Bonchev–Trinajstić information content (AvgIpc) is 2.25. The fourth-order valence-corrected chi connectivity index (χ4v) is 1.35. The molecule has 4 heteroatoms. The van der Waals surface area contributed by atoms with E-state index in [2.05, 4.69) is 16.6 Å². The van der Waals surface area contributed by atoms with Gasteiger partial charge >= 0.3 is 0 Å². The zero-order valence-corrected chi connectivity index (χ0v) is 8.04. The summed E-state index contributed by atoms with van der Waals surface area (Å²) in [6.45, 7) is 0.526. The molecular weight excluding hydrogens is 192 g/mol. The van der Waals surface area contributed by atoms with Gasteiger partial charge in [0.25, 0.3) is 5.91 Å². The van der Waals surface area contributed by atoms with Crippen LogP contribution in [0.25, 0.3) is 0 Å². The van der Waals surface area contributed by atoms with Crippen molar-refractivity contribution in [2.75, 3.05) is 23.8 Å². The Balaban J connectivity index is 2.21. The van der Waals surface area contributed by atoms with Crippen LogP contribution >= 0.6 is 0 Å². The molecule has 1 aliphatic rings. The van der Waals surface area contributed by atoms with Gasteiger partial charge in [-0.1, -0.05) is 5.92 Å². The minimum atomic E-state index is -0.142. The number of hydrogen-bond donors (Lipinski definition) is 2. The van der Waals surface area contributed by atoms with E-state index in [-0.39, 0.29) is 12.5 Å².